The Kier molecular flexibility index (Phi) is 8.66. The molecule has 1 aromatic carbocycles. The Morgan fingerprint density at radius 1 is 0.932 bits per heavy atom. The van der Waals surface area contributed by atoms with Crippen molar-refractivity contribution < 1.29 is 24.9 Å². The summed E-state index contributed by atoms with van der Waals surface area (Å²) in [6, 6.07) is 4.50. The van der Waals surface area contributed by atoms with Crippen LogP contribution in [-0.2, 0) is 9.53 Å². The first-order valence-corrected chi connectivity index (χ1v) is 17.2. The van der Waals surface area contributed by atoms with Crippen LogP contribution in [0.4, 0.5) is 0 Å². The van der Waals surface area contributed by atoms with E-state index in [1.165, 1.54) is 49.5 Å². The molecule has 4 saturated carbocycles. The number of phenolic OH excluding ortho intramolecular Hbond substituents is 2. The molecule has 1 aromatic rings. The molecule has 4 aliphatic rings. The van der Waals surface area contributed by atoms with Crippen LogP contribution in [0.1, 0.15) is 125 Å². The van der Waals surface area contributed by atoms with Gasteiger partial charge in [0.25, 0.3) is 0 Å². The van der Waals surface area contributed by atoms with Gasteiger partial charge >= 0.3 is 5.97 Å². The van der Waals surface area contributed by atoms with Gasteiger partial charge in [0.15, 0.2) is 11.5 Å². The molecular formula is C39H58O5. The quantitative estimate of drug-likeness (QED) is 0.125. The van der Waals surface area contributed by atoms with E-state index in [4.69, 9.17) is 4.74 Å². The van der Waals surface area contributed by atoms with Crippen molar-refractivity contribution >= 4 is 12.0 Å². The normalized spacial score (nSPS) is 39.1. The molecule has 0 spiro atoms. The number of hydrogen-bond acceptors (Lipinski definition) is 5. The predicted molar refractivity (Wildman–Crippen MR) is 177 cm³/mol. The van der Waals surface area contributed by atoms with E-state index in [2.05, 4.69) is 61.5 Å². The van der Waals surface area contributed by atoms with Crippen molar-refractivity contribution in [2.24, 2.45) is 45.3 Å². The fourth-order valence-corrected chi connectivity index (χ4v) is 11.5. The Morgan fingerprint density at radius 3 is 2.32 bits per heavy atom. The highest BCUT2D eigenvalue weighted by atomic mass is 16.5. The fraction of sp³-hybridized carbons (Fsp3) is 0.718. The van der Waals surface area contributed by atoms with Gasteiger partial charge in [-0.25, -0.2) is 4.79 Å². The van der Waals surface area contributed by atoms with Crippen LogP contribution in [0.5, 0.6) is 11.5 Å². The van der Waals surface area contributed by atoms with E-state index in [1.807, 2.05) is 0 Å². The zero-order valence-corrected chi connectivity index (χ0v) is 28.6. The molecule has 5 rings (SSSR count). The van der Waals surface area contributed by atoms with Crippen molar-refractivity contribution in [3.05, 3.63) is 41.5 Å². The van der Waals surface area contributed by atoms with Crippen LogP contribution in [0.15, 0.2) is 35.9 Å². The van der Waals surface area contributed by atoms with Crippen molar-refractivity contribution in [3.63, 3.8) is 0 Å². The Labute approximate surface area is 266 Å². The maximum Gasteiger partial charge on any atom is 0.331 e. The van der Waals surface area contributed by atoms with Crippen LogP contribution in [0.25, 0.3) is 6.08 Å². The molecule has 0 aliphatic heterocycles. The fourth-order valence-electron chi connectivity index (χ4n) is 11.5. The van der Waals surface area contributed by atoms with E-state index in [9.17, 15) is 20.1 Å². The summed E-state index contributed by atoms with van der Waals surface area (Å²) in [7, 11) is 0. The van der Waals surface area contributed by atoms with E-state index in [0.29, 0.717) is 29.2 Å². The van der Waals surface area contributed by atoms with Crippen molar-refractivity contribution in [2.75, 3.05) is 0 Å². The second kappa shape index (κ2) is 11.5. The lowest BCUT2D eigenvalue weighted by molar-refractivity contribution is -0.229. The third-order valence-corrected chi connectivity index (χ3v) is 14.0. The summed E-state index contributed by atoms with van der Waals surface area (Å²) in [6.45, 7) is 18.8. The Hall–Kier alpha value is -2.27. The minimum Gasteiger partial charge on any atom is -0.504 e. The average Bonchev–Trinajstić information content (AvgIpc) is 3.30. The molecule has 4 fully saturated rings. The number of esters is 1. The maximum absolute atomic E-state index is 13.0. The summed E-state index contributed by atoms with van der Waals surface area (Å²) in [5.74, 6) is 1.28. The van der Waals surface area contributed by atoms with Gasteiger partial charge < -0.3 is 20.1 Å². The summed E-state index contributed by atoms with van der Waals surface area (Å²) in [6.07, 6.45) is 16.0. The van der Waals surface area contributed by atoms with E-state index in [1.54, 1.807) is 12.1 Å². The first-order chi connectivity index (χ1) is 20.5. The van der Waals surface area contributed by atoms with Gasteiger partial charge in [0.2, 0.25) is 0 Å². The number of phenols is 2. The molecule has 0 bridgehead atoms. The monoisotopic (exact) mass is 606 g/mol. The molecule has 5 heteroatoms. The minimum absolute atomic E-state index is 0.140. The zero-order valence-electron chi connectivity index (χ0n) is 28.6. The van der Waals surface area contributed by atoms with Gasteiger partial charge in [0.05, 0.1) is 5.60 Å². The summed E-state index contributed by atoms with van der Waals surface area (Å²) < 4.78 is 6.16. The van der Waals surface area contributed by atoms with Crippen LogP contribution in [-0.4, -0.2) is 33.0 Å². The van der Waals surface area contributed by atoms with E-state index in [-0.39, 0.29) is 45.2 Å². The molecule has 44 heavy (non-hydrogen) atoms. The van der Waals surface area contributed by atoms with Crippen molar-refractivity contribution in [3.8, 4) is 11.5 Å². The molecule has 244 valence electrons. The number of hydrogen-bond donors (Lipinski definition) is 3. The average molecular weight is 607 g/mol. The molecule has 0 aromatic heterocycles. The number of fused-ring (bicyclic) bond motifs is 5. The van der Waals surface area contributed by atoms with Gasteiger partial charge in [0.1, 0.15) is 6.10 Å². The third-order valence-electron chi connectivity index (χ3n) is 14.0. The second-order valence-electron chi connectivity index (χ2n) is 16.9. The molecule has 3 N–H and O–H groups in total. The van der Waals surface area contributed by atoms with Gasteiger partial charge in [-0.15, -0.1) is 0 Å². The van der Waals surface area contributed by atoms with Crippen LogP contribution >= 0.6 is 0 Å². The van der Waals surface area contributed by atoms with Gasteiger partial charge in [-0.2, -0.15) is 0 Å². The topological polar surface area (TPSA) is 87.0 Å². The lowest BCUT2D eigenvalue weighted by Crippen LogP contribution is -2.64. The van der Waals surface area contributed by atoms with Gasteiger partial charge in [-0.05, 0) is 149 Å². The Morgan fingerprint density at radius 2 is 1.64 bits per heavy atom. The van der Waals surface area contributed by atoms with Crippen molar-refractivity contribution in [1.82, 2.24) is 0 Å². The molecule has 9 atom stereocenters. The number of carbonyl (C=O) groups is 1. The van der Waals surface area contributed by atoms with Crippen LogP contribution in [0.3, 0.4) is 0 Å². The molecule has 0 radical (unpaired) electrons. The van der Waals surface area contributed by atoms with E-state index in [0.717, 1.165) is 38.5 Å². The highest BCUT2D eigenvalue weighted by molar-refractivity contribution is 5.87. The SMILES string of the molecule is CC(C)=CCC[C@](C)(O)[C@H]1CC[C@]2(C)[C@@H]1CC[C@@H]1[C@@]3(C)CC[C@H](OC(=O)C=Cc4ccc(O)c(O)c4)C(C)(C)[C@H]3CC[C@]12C. The largest absolute Gasteiger partial charge is 0.504 e. The Balaban J connectivity index is 1.31. The number of ether oxygens (including phenoxy) is 1. The van der Waals surface area contributed by atoms with Crippen LogP contribution in [0, 0.1) is 45.3 Å². The van der Waals surface area contributed by atoms with Gasteiger partial charge in [-0.3, -0.25) is 0 Å². The maximum atomic E-state index is 13.0. The number of benzene rings is 1. The van der Waals surface area contributed by atoms with Crippen LogP contribution < -0.4 is 0 Å². The highest BCUT2D eigenvalue weighted by Gasteiger charge is 2.69. The lowest BCUT2D eigenvalue weighted by atomic mass is 9.35. The summed E-state index contributed by atoms with van der Waals surface area (Å²) in [5.41, 5.74) is 1.86. The standard InChI is InChI=1S/C39H58O5/c1-25(2)10-9-20-39(8,43)28-17-22-37(6)27(28)13-15-32-36(5)21-19-33(35(3,4)31(36)18-23-38(32,37)7)44-34(42)16-12-26-11-14-29(40)30(41)24-26/h10-12,14,16,24,27-28,31-33,40-41,43H,9,13,15,17-23H2,1-8H3/t27-,28+,31-,32-,33+,36+,37-,38-,39+/m1/s1. The number of aliphatic hydroxyl groups is 1. The second-order valence-corrected chi connectivity index (χ2v) is 16.9. The highest BCUT2D eigenvalue weighted by Crippen LogP contribution is 2.76. The van der Waals surface area contributed by atoms with Gasteiger partial charge in [-0.1, -0.05) is 52.3 Å². The molecule has 4 aliphatic carbocycles. The molecule has 0 saturated heterocycles. The zero-order chi connectivity index (χ0) is 32.3. The summed E-state index contributed by atoms with van der Waals surface area (Å²) in [4.78, 5) is 13.0. The molecule has 5 nitrogen and oxygen atoms in total. The minimum atomic E-state index is -0.625. The molecule has 0 unspecified atom stereocenters. The molecule has 0 amide bonds. The number of carbonyl (C=O) groups excluding carboxylic acids is 1. The smallest absolute Gasteiger partial charge is 0.331 e. The summed E-state index contributed by atoms with van der Waals surface area (Å²) in [5, 5.41) is 31.1. The number of allylic oxidation sites excluding steroid dienone is 2. The predicted octanol–water partition coefficient (Wildman–Crippen LogP) is 9.21. The number of rotatable bonds is 7. The number of aromatic hydroxyl groups is 2. The van der Waals surface area contributed by atoms with E-state index >= 15 is 0 Å². The summed E-state index contributed by atoms with van der Waals surface area (Å²) >= 11 is 0. The Bertz CT molecular complexity index is 1300. The molecule has 0 heterocycles. The van der Waals surface area contributed by atoms with E-state index < -0.39 is 5.60 Å². The first kappa shape index (κ1) is 33.1. The first-order valence-electron chi connectivity index (χ1n) is 17.2. The van der Waals surface area contributed by atoms with Crippen molar-refractivity contribution in [1.29, 1.82) is 0 Å². The van der Waals surface area contributed by atoms with Gasteiger partial charge in [0, 0.05) is 11.5 Å². The molecular weight excluding hydrogens is 548 g/mol. The van der Waals surface area contributed by atoms with Crippen LogP contribution in [0.2, 0.25) is 0 Å². The lowest BCUT2D eigenvalue weighted by Gasteiger charge is -2.70. The van der Waals surface area contributed by atoms with Crippen molar-refractivity contribution in [2.45, 2.75) is 131 Å². The third kappa shape index (κ3) is 5.43.